The van der Waals surface area contributed by atoms with Crippen LogP contribution in [-0.2, 0) is 4.79 Å². The summed E-state index contributed by atoms with van der Waals surface area (Å²) in [6, 6.07) is 8.33. The summed E-state index contributed by atoms with van der Waals surface area (Å²) in [6.07, 6.45) is 3.05. The van der Waals surface area contributed by atoms with Gasteiger partial charge in [0.05, 0.1) is 18.2 Å². The Morgan fingerprint density at radius 2 is 2.15 bits per heavy atom. The number of carbonyl (C=O) groups is 1. The highest BCUT2D eigenvalue weighted by molar-refractivity contribution is 7.99. The first-order valence-corrected chi connectivity index (χ1v) is 8.96. The number of anilines is 2. The number of carbonyl (C=O) groups excluding carboxylic acids is 1. The summed E-state index contributed by atoms with van der Waals surface area (Å²) in [7, 11) is 0. The number of amides is 1. The molecule has 0 radical (unpaired) electrons. The van der Waals surface area contributed by atoms with Crippen LogP contribution in [0.2, 0.25) is 10.0 Å². The summed E-state index contributed by atoms with van der Waals surface area (Å²) < 4.78 is 5.10. The van der Waals surface area contributed by atoms with Crippen molar-refractivity contribution in [1.29, 1.82) is 0 Å². The Bertz CT molecular complexity index is 893. The molecule has 11 heteroatoms. The first-order valence-electron chi connectivity index (χ1n) is 7.22. The van der Waals surface area contributed by atoms with Crippen molar-refractivity contribution in [3.8, 4) is 0 Å². The number of hydrogen-bond acceptors (Lipinski definition) is 7. The summed E-state index contributed by atoms with van der Waals surface area (Å²) >= 11 is 13.0. The van der Waals surface area contributed by atoms with E-state index in [-0.39, 0.29) is 11.7 Å². The highest BCUT2D eigenvalue weighted by atomic mass is 35.5. The highest BCUT2D eigenvalue weighted by Gasteiger charge is 2.09. The van der Waals surface area contributed by atoms with Gasteiger partial charge >= 0.3 is 0 Å². The van der Waals surface area contributed by atoms with Crippen LogP contribution in [0.1, 0.15) is 5.76 Å². The minimum Gasteiger partial charge on any atom is -0.463 e. The van der Waals surface area contributed by atoms with Gasteiger partial charge in [-0.15, -0.1) is 5.10 Å². The van der Waals surface area contributed by atoms with E-state index >= 15 is 0 Å². The topological polar surface area (TPSA) is 108 Å². The van der Waals surface area contributed by atoms with E-state index in [1.54, 1.807) is 36.6 Å². The van der Waals surface area contributed by atoms with Crippen LogP contribution in [0.4, 0.5) is 11.6 Å². The smallest absolute Gasteiger partial charge is 0.240 e. The molecule has 2 heterocycles. The fraction of sp³-hybridized carbons (Fsp3) is 0.0667. The van der Waals surface area contributed by atoms with Crippen LogP contribution in [0.25, 0.3) is 0 Å². The lowest BCUT2D eigenvalue weighted by Crippen LogP contribution is -2.14. The molecule has 3 aromatic rings. The van der Waals surface area contributed by atoms with Crippen molar-refractivity contribution in [2.75, 3.05) is 16.5 Å². The number of halogens is 2. The predicted octanol–water partition coefficient (Wildman–Crippen LogP) is 3.88. The molecule has 0 aliphatic carbocycles. The van der Waals surface area contributed by atoms with Gasteiger partial charge in [0.1, 0.15) is 5.76 Å². The second kappa shape index (κ2) is 8.75. The molecule has 1 amide bonds. The maximum atomic E-state index is 12.0. The van der Waals surface area contributed by atoms with Crippen molar-refractivity contribution in [3.05, 3.63) is 52.4 Å². The van der Waals surface area contributed by atoms with E-state index in [4.69, 9.17) is 27.6 Å². The summed E-state index contributed by atoms with van der Waals surface area (Å²) in [5.74, 6) is 0.835. The number of furan rings is 1. The molecule has 0 spiro atoms. The van der Waals surface area contributed by atoms with Crippen molar-refractivity contribution in [3.63, 3.8) is 0 Å². The van der Waals surface area contributed by atoms with Gasteiger partial charge < -0.3 is 9.73 Å². The van der Waals surface area contributed by atoms with Gasteiger partial charge in [-0.25, -0.2) is 10.5 Å². The number of nitrogens with zero attached hydrogens (tertiary/aromatic N) is 3. The Balaban J connectivity index is 1.47. The molecule has 3 rings (SSSR count). The van der Waals surface area contributed by atoms with E-state index in [0.29, 0.717) is 32.6 Å². The van der Waals surface area contributed by atoms with Gasteiger partial charge in [-0.3, -0.25) is 4.79 Å². The van der Waals surface area contributed by atoms with Crippen LogP contribution in [0, 0.1) is 0 Å². The molecular formula is C15H12Cl2N6O2S. The molecule has 134 valence electrons. The average molecular weight is 411 g/mol. The van der Waals surface area contributed by atoms with Crippen molar-refractivity contribution >= 4 is 58.7 Å². The van der Waals surface area contributed by atoms with E-state index in [9.17, 15) is 4.79 Å². The van der Waals surface area contributed by atoms with Gasteiger partial charge in [-0.1, -0.05) is 35.0 Å². The molecule has 1 aromatic carbocycles. The van der Waals surface area contributed by atoms with Crippen molar-refractivity contribution < 1.29 is 9.21 Å². The monoisotopic (exact) mass is 410 g/mol. The Hall–Kier alpha value is -2.49. The van der Waals surface area contributed by atoms with E-state index in [2.05, 4.69) is 31.0 Å². The molecule has 26 heavy (non-hydrogen) atoms. The number of hydrogen-bond donors (Lipinski definition) is 3. The maximum Gasteiger partial charge on any atom is 0.240 e. The van der Waals surface area contributed by atoms with Crippen LogP contribution >= 0.6 is 35.0 Å². The lowest BCUT2D eigenvalue weighted by molar-refractivity contribution is -0.113. The lowest BCUT2D eigenvalue weighted by atomic mass is 10.3. The standard InChI is InChI=1S/C15H12Cl2N6O2S/c16-9-4-10(17)6-11(5-9)19-13(24)8-26-15-20-14(22-23-15)21-18-7-12-2-1-3-25-12/h1-7H,8H2,(H,19,24)(H2,20,21,22,23)/b18-7-. The van der Waals surface area contributed by atoms with E-state index in [1.807, 2.05) is 0 Å². The van der Waals surface area contributed by atoms with Gasteiger partial charge in [0.25, 0.3) is 0 Å². The van der Waals surface area contributed by atoms with Gasteiger partial charge in [0, 0.05) is 15.7 Å². The number of thioether (sulfide) groups is 1. The minimum atomic E-state index is -0.233. The second-order valence-corrected chi connectivity index (χ2v) is 6.66. The number of nitrogens with one attached hydrogen (secondary N) is 3. The Morgan fingerprint density at radius 3 is 2.88 bits per heavy atom. The molecule has 0 fully saturated rings. The molecule has 0 saturated heterocycles. The summed E-state index contributed by atoms with van der Waals surface area (Å²) in [6.45, 7) is 0. The largest absolute Gasteiger partial charge is 0.463 e. The van der Waals surface area contributed by atoms with Crippen molar-refractivity contribution in [1.82, 2.24) is 15.2 Å². The Morgan fingerprint density at radius 1 is 1.35 bits per heavy atom. The molecule has 8 nitrogen and oxygen atoms in total. The number of aromatic amines is 1. The van der Waals surface area contributed by atoms with Crippen LogP contribution in [0.5, 0.6) is 0 Å². The van der Waals surface area contributed by atoms with Gasteiger partial charge in [-0.2, -0.15) is 10.1 Å². The number of benzene rings is 1. The zero-order chi connectivity index (χ0) is 18.4. The van der Waals surface area contributed by atoms with E-state index < -0.39 is 0 Å². The quantitative estimate of drug-likeness (QED) is 0.309. The summed E-state index contributed by atoms with van der Waals surface area (Å²) in [5.41, 5.74) is 3.21. The average Bonchev–Trinajstić information content (AvgIpc) is 3.24. The van der Waals surface area contributed by atoms with Crippen LogP contribution < -0.4 is 10.7 Å². The number of hydrazone groups is 1. The molecule has 0 saturated carbocycles. The molecule has 2 aromatic heterocycles. The van der Waals surface area contributed by atoms with Crippen molar-refractivity contribution in [2.45, 2.75) is 5.16 Å². The van der Waals surface area contributed by atoms with Gasteiger partial charge in [-0.05, 0) is 30.3 Å². The molecule has 0 bridgehead atoms. The molecule has 0 unspecified atom stereocenters. The Kier molecular flexibility index (Phi) is 6.16. The second-order valence-electron chi connectivity index (χ2n) is 4.85. The normalized spacial score (nSPS) is 11.0. The summed E-state index contributed by atoms with van der Waals surface area (Å²) in [4.78, 5) is 16.1. The van der Waals surface area contributed by atoms with Crippen LogP contribution in [-0.4, -0.2) is 33.1 Å². The van der Waals surface area contributed by atoms with Gasteiger partial charge in [0.15, 0.2) is 0 Å². The first-order chi connectivity index (χ1) is 12.6. The van der Waals surface area contributed by atoms with E-state index in [1.165, 1.54) is 18.0 Å². The molecular weight excluding hydrogens is 399 g/mol. The Labute approximate surface area is 162 Å². The third-order valence-electron chi connectivity index (χ3n) is 2.85. The third kappa shape index (κ3) is 5.51. The fourth-order valence-corrected chi connectivity index (χ4v) is 2.96. The molecule has 0 aliphatic heterocycles. The summed E-state index contributed by atoms with van der Waals surface area (Å²) in [5, 5.41) is 14.6. The SMILES string of the molecule is O=C(CSc1n[nH]c(N/N=C\c2ccco2)n1)Nc1cc(Cl)cc(Cl)c1. The fourth-order valence-electron chi connectivity index (χ4n) is 1.84. The molecule has 0 aliphatic rings. The predicted molar refractivity (Wildman–Crippen MR) is 102 cm³/mol. The zero-order valence-electron chi connectivity index (χ0n) is 13.1. The molecule has 0 atom stereocenters. The number of aromatic nitrogens is 3. The third-order valence-corrected chi connectivity index (χ3v) is 4.13. The lowest BCUT2D eigenvalue weighted by Gasteiger charge is -2.05. The zero-order valence-corrected chi connectivity index (χ0v) is 15.4. The minimum absolute atomic E-state index is 0.122. The van der Waals surface area contributed by atoms with E-state index in [0.717, 1.165) is 0 Å². The van der Waals surface area contributed by atoms with Crippen LogP contribution in [0.15, 0.2) is 51.3 Å². The van der Waals surface area contributed by atoms with Crippen molar-refractivity contribution in [2.24, 2.45) is 5.10 Å². The number of rotatable bonds is 7. The molecule has 3 N–H and O–H groups in total. The maximum absolute atomic E-state index is 12.0. The van der Waals surface area contributed by atoms with Gasteiger partial charge in [0.2, 0.25) is 17.0 Å². The first kappa shape index (κ1) is 18.3. The van der Waals surface area contributed by atoms with Crippen LogP contribution in [0.3, 0.4) is 0 Å². The number of H-pyrrole nitrogens is 1. The highest BCUT2D eigenvalue weighted by Crippen LogP contribution is 2.23.